The number of imide groups is 2. The molecule has 222 valence electrons. The van der Waals surface area contributed by atoms with Gasteiger partial charge in [0.1, 0.15) is 11.6 Å². The molecular formula is C30H41N5O6. The van der Waals surface area contributed by atoms with Crippen molar-refractivity contribution in [3.8, 4) is 0 Å². The van der Waals surface area contributed by atoms with Crippen LogP contribution in [-0.4, -0.2) is 102 Å². The molecular weight excluding hydrogens is 526 g/mol. The summed E-state index contributed by atoms with van der Waals surface area (Å²) >= 11 is 0. The molecule has 3 fully saturated rings. The van der Waals surface area contributed by atoms with Gasteiger partial charge in [-0.05, 0) is 83.5 Å². The molecule has 11 nitrogen and oxygen atoms in total. The number of nitrogens with one attached hydrogen (secondary N) is 1. The number of hydrogen-bond acceptors (Lipinski definition) is 8. The van der Waals surface area contributed by atoms with Crippen LogP contribution in [0.25, 0.3) is 0 Å². The van der Waals surface area contributed by atoms with Crippen LogP contribution in [-0.2, 0) is 14.3 Å². The van der Waals surface area contributed by atoms with Crippen LogP contribution in [0.5, 0.6) is 0 Å². The van der Waals surface area contributed by atoms with Crippen LogP contribution in [0.4, 0.5) is 10.5 Å². The molecule has 1 aromatic rings. The molecule has 0 aromatic heterocycles. The van der Waals surface area contributed by atoms with E-state index in [2.05, 4.69) is 15.1 Å². The standard InChI is InChI=1S/C30H41N5O6/c1-30(2,3)41-29(40)34-13-10-20(11-14-34)5-4-12-32-15-17-33(18-16-32)21-6-7-22-23(19-21)28(39)35(27(22)38)24-8-9-25(36)31-26(24)37/h6-7,19-20,24H,4-5,8-18H2,1-3H3,(H,31,36,37). The van der Waals surface area contributed by atoms with Gasteiger partial charge in [0, 0.05) is 51.4 Å². The van der Waals surface area contributed by atoms with Crippen molar-refractivity contribution < 1.29 is 28.7 Å². The van der Waals surface area contributed by atoms with Crippen molar-refractivity contribution in [3.05, 3.63) is 29.3 Å². The molecule has 1 atom stereocenters. The Balaban J connectivity index is 1.06. The fourth-order valence-electron chi connectivity index (χ4n) is 6.22. The van der Waals surface area contributed by atoms with Crippen LogP contribution in [0.2, 0.25) is 0 Å². The Bertz CT molecular complexity index is 1210. The molecule has 0 saturated carbocycles. The summed E-state index contributed by atoms with van der Waals surface area (Å²) in [6.07, 6.45) is 4.37. The summed E-state index contributed by atoms with van der Waals surface area (Å²) in [6.45, 7) is 11.7. The maximum Gasteiger partial charge on any atom is 0.410 e. The largest absolute Gasteiger partial charge is 0.444 e. The highest BCUT2D eigenvalue weighted by molar-refractivity contribution is 6.23. The monoisotopic (exact) mass is 567 g/mol. The molecule has 0 bridgehead atoms. The lowest BCUT2D eigenvalue weighted by molar-refractivity contribution is -0.136. The van der Waals surface area contributed by atoms with Gasteiger partial charge in [0.15, 0.2) is 0 Å². The van der Waals surface area contributed by atoms with Crippen molar-refractivity contribution >= 4 is 35.4 Å². The second-order valence-corrected chi connectivity index (χ2v) is 12.6. The van der Waals surface area contributed by atoms with E-state index in [9.17, 15) is 24.0 Å². The second-order valence-electron chi connectivity index (χ2n) is 12.6. The molecule has 0 radical (unpaired) electrons. The Hall–Kier alpha value is -3.47. The van der Waals surface area contributed by atoms with Crippen LogP contribution in [0, 0.1) is 5.92 Å². The minimum atomic E-state index is -0.954. The summed E-state index contributed by atoms with van der Waals surface area (Å²) in [5, 5.41) is 2.23. The quantitative estimate of drug-likeness (QED) is 0.521. The molecule has 5 amide bonds. The summed E-state index contributed by atoms with van der Waals surface area (Å²) in [6, 6.07) is 4.36. The number of likely N-dealkylation sites (tertiary alicyclic amines) is 1. The molecule has 4 heterocycles. The number of rotatable bonds is 6. The maximum absolute atomic E-state index is 13.2. The third-order valence-corrected chi connectivity index (χ3v) is 8.51. The molecule has 5 rings (SSSR count). The summed E-state index contributed by atoms with van der Waals surface area (Å²) < 4.78 is 5.50. The molecule has 11 heteroatoms. The van der Waals surface area contributed by atoms with Crippen LogP contribution in [0.3, 0.4) is 0 Å². The van der Waals surface area contributed by atoms with Gasteiger partial charge in [0.05, 0.1) is 11.1 Å². The van der Waals surface area contributed by atoms with Crippen LogP contribution >= 0.6 is 0 Å². The fourth-order valence-corrected chi connectivity index (χ4v) is 6.22. The number of benzene rings is 1. The summed E-state index contributed by atoms with van der Waals surface area (Å²) in [7, 11) is 0. The van der Waals surface area contributed by atoms with E-state index in [-0.39, 0.29) is 24.8 Å². The minimum Gasteiger partial charge on any atom is -0.444 e. The van der Waals surface area contributed by atoms with Gasteiger partial charge in [-0.2, -0.15) is 0 Å². The van der Waals surface area contributed by atoms with Gasteiger partial charge in [0.25, 0.3) is 11.8 Å². The van der Waals surface area contributed by atoms with Gasteiger partial charge in [0.2, 0.25) is 11.8 Å². The predicted molar refractivity (Wildman–Crippen MR) is 152 cm³/mol. The summed E-state index contributed by atoms with van der Waals surface area (Å²) in [5.74, 6) is -1.30. The zero-order valence-corrected chi connectivity index (χ0v) is 24.3. The highest BCUT2D eigenvalue weighted by atomic mass is 16.6. The van der Waals surface area contributed by atoms with Gasteiger partial charge in [-0.3, -0.25) is 34.3 Å². The van der Waals surface area contributed by atoms with Crippen LogP contribution in [0.1, 0.15) is 80.0 Å². The van der Waals surface area contributed by atoms with Crippen molar-refractivity contribution in [2.75, 3.05) is 50.7 Å². The van der Waals surface area contributed by atoms with E-state index < -0.39 is 29.4 Å². The lowest BCUT2D eigenvalue weighted by Gasteiger charge is -2.37. The molecule has 1 N–H and O–H groups in total. The first-order valence-electron chi connectivity index (χ1n) is 14.8. The number of anilines is 1. The first-order valence-corrected chi connectivity index (χ1v) is 14.8. The smallest absolute Gasteiger partial charge is 0.410 e. The molecule has 4 aliphatic rings. The SMILES string of the molecule is CC(C)(C)OC(=O)N1CCC(CCCN2CCN(c3ccc4c(c3)C(=O)N(C3CCC(=O)NC3=O)C4=O)CC2)CC1. The fraction of sp³-hybridized carbons (Fsp3) is 0.633. The molecule has 0 spiro atoms. The Labute approximate surface area is 241 Å². The average Bonchev–Trinajstić information content (AvgIpc) is 3.17. The molecule has 0 aliphatic carbocycles. The van der Waals surface area contributed by atoms with E-state index in [1.807, 2.05) is 31.7 Å². The third kappa shape index (κ3) is 6.55. The Kier molecular flexibility index (Phi) is 8.35. The Morgan fingerprint density at radius 2 is 1.61 bits per heavy atom. The molecule has 4 aliphatic heterocycles. The van der Waals surface area contributed by atoms with Crippen molar-refractivity contribution in [1.29, 1.82) is 0 Å². The normalized spacial score (nSPS) is 22.7. The van der Waals surface area contributed by atoms with Gasteiger partial charge in [-0.25, -0.2) is 4.79 Å². The summed E-state index contributed by atoms with van der Waals surface area (Å²) in [5.41, 5.74) is 1.05. The van der Waals surface area contributed by atoms with Gasteiger partial charge < -0.3 is 14.5 Å². The zero-order valence-electron chi connectivity index (χ0n) is 24.3. The highest BCUT2D eigenvalue weighted by Gasteiger charge is 2.44. The first kappa shape index (κ1) is 29.0. The molecule has 1 unspecified atom stereocenters. The molecule has 3 saturated heterocycles. The highest BCUT2D eigenvalue weighted by Crippen LogP contribution is 2.31. The Morgan fingerprint density at radius 1 is 0.927 bits per heavy atom. The van der Waals surface area contributed by atoms with Crippen molar-refractivity contribution in [2.45, 2.75) is 70.9 Å². The van der Waals surface area contributed by atoms with Gasteiger partial charge >= 0.3 is 6.09 Å². The van der Waals surface area contributed by atoms with Crippen LogP contribution in [0.15, 0.2) is 18.2 Å². The van der Waals surface area contributed by atoms with Crippen molar-refractivity contribution in [3.63, 3.8) is 0 Å². The first-order chi connectivity index (χ1) is 19.5. The van der Waals surface area contributed by atoms with E-state index in [0.29, 0.717) is 17.0 Å². The minimum absolute atomic E-state index is 0.104. The number of hydrogen-bond donors (Lipinski definition) is 1. The average molecular weight is 568 g/mol. The zero-order chi connectivity index (χ0) is 29.3. The predicted octanol–water partition coefficient (Wildman–Crippen LogP) is 2.64. The number of piperidine rings is 2. The maximum atomic E-state index is 13.2. The lowest BCUT2D eigenvalue weighted by Crippen LogP contribution is -2.54. The van der Waals surface area contributed by atoms with Crippen LogP contribution < -0.4 is 10.2 Å². The van der Waals surface area contributed by atoms with Crippen molar-refractivity contribution in [1.82, 2.24) is 20.0 Å². The number of fused-ring (bicyclic) bond motifs is 1. The van der Waals surface area contributed by atoms with Gasteiger partial charge in [-0.1, -0.05) is 0 Å². The lowest BCUT2D eigenvalue weighted by atomic mass is 9.92. The Morgan fingerprint density at radius 3 is 2.27 bits per heavy atom. The van der Waals surface area contributed by atoms with E-state index in [4.69, 9.17) is 4.74 Å². The number of ether oxygens (including phenoxy) is 1. The molecule has 1 aromatic carbocycles. The number of carbonyl (C=O) groups excluding carboxylic acids is 5. The number of carbonyl (C=O) groups is 5. The number of amides is 5. The third-order valence-electron chi connectivity index (χ3n) is 8.51. The number of nitrogens with zero attached hydrogens (tertiary/aromatic N) is 4. The van der Waals surface area contributed by atoms with Gasteiger partial charge in [-0.15, -0.1) is 0 Å². The molecule has 41 heavy (non-hydrogen) atoms. The van der Waals surface area contributed by atoms with E-state index in [0.717, 1.165) is 82.1 Å². The number of piperazine rings is 1. The van der Waals surface area contributed by atoms with Crippen molar-refractivity contribution in [2.24, 2.45) is 5.92 Å². The summed E-state index contributed by atoms with van der Waals surface area (Å²) in [4.78, 5) is 69.8. The second kappa shape index (κ2) is 11.8. The topological polar surface area (TPSA) is 120 Å². The van der Waals surface area contributed by atoms with E-state index in [1.165, 1.54) is 0 Å². The van der Waals surface area contributed by atoms with E-state index in [1.54, 1.807) is 12.1 Å². The van der Waals surface area contributed by atoms with E-state index >= 15 is 0 Å².